The first-order valence-corrected chi connectivity index (χ1v) is 11.4. The Labute approximate surface area is 193 Å². The number of benzene rings is 2. The smallest absolute Gasteiger partial charge is 0.254 e. The molecule has 33 heavy (non-hydrogen) atoms. The zero-order valence-corrected chi connectivity index (χ0v) is 18.9. The van der Waals surface area contributed by atoms with Crippen LogP contribution in [0.3, 0.4) is 0 Å². The number of aromatic nitrogens is 3. The number of amides is 1. The Morgan fingerprint density at radius 2 is 2.00 bits per heavy atom. The zero-order chi connectivity index (χ0) is 22.6. The van der Waals surface area contributed by atoms with Gasteiger partial charge in [0.05, 0.1) is 18.7 Å². The normalized spacial score (nSPS) is 16.6. The molecule has 4 aromatic rings. The van der Waals surface area contributed by atoms with Crippen LogP contribution < -0.4 is 0 Å². The lowest BCUT2D eigenvalue weighted by molar-refractivity contribution is 0.0736. The van der Waals surface area contributed by atoms with Crippen LogP contribution in [-0.2, 0) is 17.7 Å². The molecule has 6 nitrogen and oxygen atoms in total. The van der Waals surface area contributed by atoms with Gasteiger partial charge in [-0.05, 0) is 48.7 Å². The molecule has 1 amide bonds. The molecule has 0 spiro atoms. The Morgan fingerprint density at radius 1 is 1.09 bits per heavy atom. The van der Waals surface area contributed by atoms with E-state index in [4.69, 9.17) is 4.74 Å². The molecule has 2 aromatic heterocycles. The SMILES string of the molecule is Cc1nccn1Cc1ccccc1C(=O)N1CCOCC(Cc2ccc3ncccc3c2)C1. The minimum Gasteiger partial charge on any atom is -0.379 e. The first kappa shape index (κ1) is 21.3. The predicted octanol–water partition coefficient (Wildman–Crippen LogP) is 4.12. The fraction of sp³-hybridized carbons (Fsp3) is 0.296. The topological polar surface area (TPSA) is 60.2 Å². The van der Waals surface area contributed by atoms with Crippen LogP contribution >= 0.6 is 0 Å². The molecule has 1 aliphatic rings. The minimum absolute atomic E-state index is 0.0709. The summed E-state index contributed by atoms with van der Waals surface area (Å²) in [6.45, 7) is 5.12. The standard InChI is InChI=1S/C27H28N4O2/c1-20-28-11-12-30(20)18-24-5-2-3-7-25(24)27(32)31-13-14-33-19-22(17-31)15-21-8-9-26-23(16-21)6-4-10-29-26/h2-12,16,22H,13-15,17-19H2,1H3. The van der Waals surface area contributed by atoms with Gasteiger partial charge in [-0.3, -0.25) is 9.78 Å². The highest BCUT2D eigenvalue weighted by molar-refractivity contribution is 5.95. The second-order valence-electron chi connectivity index (χ2n) is 8.69. The summed E-state index contributed by atoms with van der Waals surface area (Å²) < 4.78 is 7.96. The number of carbonyl (C=O) groups excluding carboxylic acids is 1. The van der Waals surface area contributed by atoms with E-state index in [2.05, 4.69) is 38.8 Å². The van der Waals surface area contributed by atoms with Crippen LogP contribution in [0.5, 0.6) is 0 Å². The first-order chi connectivity index (χ1) is 16.2. The molecule has 0 bridgehead atoms. The van der Waals surface area contributed by atoms with E-state index in [1.165, 1.54) is 5.56 Å². The van der Waals surface area contributed by atoms with Crippen LogP contribution in [0.4, 0.5) is 0 Å². The van der Waals surface area contributed by atoms with Gasteiger partial charge in [0.2, 0.25) is 0 Å². The highest BCUT2D eigenvalue weighted by Gasteiger charge is 2.25. The molecule has 5 rings (SSSR count). The summed E-state index contributed by atoms with van der Waals surface area (Å²) >= 11 is 0. The van der Waals surface area contributed by atoms with Gasteiger partial charge in [-0.25, -0.2) is 4.98 Å². The summed E-state index contributed by atoms with van der Waals surface area (Å²) in [5, 5.41) is 1.14. The molecule has 1 aliphatic heterocycles. The maximum atomic E-state index is 13.6. The van der Waals surface area contributed by atoms with Gasteiger partial charge in [0.15, 0.2) is 0 Å². The van der Waals surface area contributed by atoms with Crippen molar-refractivity contribution in [2.24, 2.45) is 5.92 Å². The number of carbonyl (C=O) groups is 1. The first-order valence-electron chi connectivity index (χ1n) is 11.4. The average molecular weight is 441 g/mol. The summed E-state index contributed by atoms with van der Waals surface area (Å²) in [6, 6.07) is 18.3. The average Bonchev–Trinajstić information content (AvgIpc) is 3.10. The molecule has 3 heterocycles. The van der Waals surface area contributed by atoms with Gasteiger partial charge < -0.3 is 14.2 Å². The Hall–Kier alpha value is -3.51. The third-order valence-corrected chi connectivity index (χ3v) is 6.33. The van der Waals surface area contributed by atoms with Gasteiger partial charge >= 0.3 is 0 Å². The maximum Gasteiger partial charge on any atom is 0.254 e. The Morgan fingerprint density at radius 3 is 2.88 bits per heavy atom. The van der Waals surface area contributed by atoms with Crippen LogP contribution in [0.2, 0.25) is 0 Å². The van der Waals surface area contributed by atoms with Crippen molar-refractivity contribution in [2.45, 2.75) is 19.9 Å². The molecule has 0 saturated carbocycles. The number of imidazole rings is 1. The largest absolute Gasteiger partial charge is 0.379 e. The molecule has 0 N–H and O–H groups in total. The number of pyridine rings is 1. The summed E-state index contributed by atoms with van der Waals surface area (Å²) in [4.78, 5) is 24.3. The molecular weight excluding hydrogens is 412 g/mol. The summed E-state index contributed by atoms with van der Waals surface area (Å²) in [7, 11) is 0. The number of rotatable bonds is 5. The fourth-order valence-corrected chi connectivity index (χ4v) is 4.57. The molecule has 2 aromatic carbocycles. The van der Waals surface area contributed by atoms with E-state index in [0.717, 1.165) is 34.3 Å². The van der Waals surface area contributed by atoms with Crippen molar-refractivity contribution in [3.63, 3.8) is 0 Å². The second-order valence-corrected chi connectivity index (χ2v) is 8.69. The van der Waals surface area contributed by atoms with Gasteiger partial charge in [-0.1, -0.05) is 30.3 Å². The molecule has 1 saturated heterocycles. The molecular formula is C27H28N4O2. The van der Waals surface area contributed by atoms with E-state index < -0.39 is 0 Å². The number of aryl methyl sites for hydroxylation is 1. The van der Waals surface area contributed by atoms with Crippen molar-refractivity contribution in [3.8, 4) is 0 Å². The maximum absolute atomic E-state index is 13.6. The van der Waals surface area contributed by atoms with Crippen molar-refractivity contribution in [1.29, 1.82) is 0 Å². The minimum atomic E-state index is 0.0709. The molecule has 6 heteroatoms. The van der Waals surface area contributed by atoms with E-state index in [1.54, 1.807) is 6.20 Å². The monoisotopic (exact) mass is 440 g/mol. The van der Waals surface area contributed by atoms with E-state index in [0.29, 0.717) is 32.8 Å². The van der Waals surface area contributed by atoms with Gasteiger partial charge in [-0.15, -0.1) is 0 Å². The summed E-state index contributed by atoms with van der Waals surface area (Å²) in [5.74, 6) is 1.25. The van der Waals surface area contributed by atoms with Gasteiger partial charge in [0, 0.05) is 55.1 Å². The lowest BCUT2D eigenvalue weighted by atomic mass is 9.97. The van der Waals surface area contributed by atoms with Gasteiger partial charge in [-0.2, -0.15) is 0 Å². The molecule has 1 atom stereocenters. The molecule has 1 unspecified atom stereocenters. The van der Waals surface area contributed by atoms with Crippen LogP contribution in [0.1, 0.15) is 27.3 Å². The zero-order valence-electron chi connectivity index (χ0n) is 18.9. The lowest BCUT2D eigenvalue weighted by Gasteiger charge is -2.25. The summed E-state index contributed by atoms with van der Waals surface area (Å²) in [5.41, 5.74) is 4.00. The Bertz CT molecular complexity index is 1270. The number of nitrogens with zero attached hydrogens (tertiary/aromatic N) is 4. The molecule has 0 radical (unpaired) electrons. The van der Waals surface area contributed by atoms with E-state index in [1.807, 2.05) is 54.5 Å². The van der Waals surface area contributed by atoms with Crippen molar-refractivity contribution >= 4 is 16.8 Å². The summed E-state index contributed by atoms with van der Waals surface area (Å²) in [6.07, 6.45) is 6.42. The number of hydrogen-bond acceptors (Lipinski definition) is 4. The van der Waals surface area contributed by atoms with Crippen molar-refractivity contribution in [2.75, 3.05) is 26.3 Å². The van der Waals surface area contributed by atoms with Crippen LogP contribution in [0.25, 0.3) is 10.9 Å². The predicted molar refractivity (Wildman–Crippen MR) is 128 cm³/mol. The number of fused-ring (bicyclic) bond motifs is 1. The fourth-order valence-electron chi connectivity index (χ4n) is 4.57. The molecule has 1 fully saturated rings. The van der Waals surface area contributed by atoms with Crippen LogP contribution in [-0.4, -0.2) is 51.6 Å². The number of ether oxygens (including phenoxy) is 1. The van der Waals surface area contributed by atoms with E-state index in [-0.39, 0.29) is 11.8 Å². The van der Waals surface area contributed by atoms with Crippen LogP contribution in [0.15, 0.2) is 73.2 Å². The lowest BCUT2D eigenvalue weighted by Crippen LogP contribution is -2.37. The quantitative estimate of drug-likeness (QED) is 0.468. The third-order valence-electron chi connectivity index (χ3n) is 6.33. The van der Waals surface area contributed by atoms with E-state index in [9.17, 15) is 4.79 Å². The van der Waals surface area contributed by atoms with Crippen molar-refractivity contribution in [3.05, 3.63) is 95.7 Å². The highest BCUT2D eigenvalue weighted by atomic mass is 16.5. The van der Waals surface area contributed by atoms with Crippen molar-refractivity contribution in [1.82, 2.24) is 19.4 Å². The van der Waals surface area contributed by atoms with Crippen LogP contribution in [0, 0.1) is 12.8 Å². The van der Waals surface area contributed by atoms with Crippen molar-refractivity contribution < 1.29 is 9.53 Å². The highest BCUT2D eigenvalue weighted by Crippen LogP contribution is 2.21. The van der Waals surface area contributed by atoms with E-state index >= 15 is 0 Å². The Balaban J connectivity index is 1.33. The Kier molecular flexibility index (Phi) is 6.17. The molecule has 0 aliphatic carbocycles. The van der Waals surface area contributed by atoms with Gasteiger partial charge in [0.25, 0.3) is 5.91 Å². The number of hydrogen-bond donors (Lipinski definition) is 0. The van der Waals surface area contributed by atoms with Gasteiger partial charge in [0.1, 0.15) is 5.82 Å². The third kappa shape index (κ3) is 4.81. The second kappa shape index (κ2) is 9.55. The molecule has 168 valence electrons.